The van der Waals surface area contributed by atoms with Gasteiger partial charge in [0, 0.05) is 12.2 Å². The van der Waals surface area contributed by atoms with Crippen LogP contribution in [0.1, 0.15) is 17.7 Å². The number of nitrogens with two attached hydrogens (primary N) is 1. The second-order valence-corrected chi connectivity index (χ2v) is 5.06. The molecule has 1 aromatic carbocycles. The van der Waals surface area contributed by atoms with E-state index in [9.17, 15) is 13.2 Å². The molecule has 138 valence electrons. The summed E-state index contributed by atoms with van der Waals surface area (Å²) >= 11 is 0. The third-order valence-electron chi connectivity index (χ3n) is 3.20. The van der Waals surface area contributed by atoms with Crippen LogP contribution >= 0.6 is 24.0 Å². The number of benzene rings is 1. The number of para-hydroxylation sites is 2. The smallest absolute Gasteiger partial charge is 0.404 e. The van der Waals surface area contributed by atoms with Crippen molar-refractivity contribution in [3.63, 3.8) is 0 Å². The molecule has 0 aliphatic carbocycles. The molecule has 0 aliphatic rings. The number of guanidine groups is 1. The summed E-state index contributed by atoms with van der Waals surface area (Å²) < 4.78 is 41.0. The Kier molecular flexibility index (Phi) is 8.00. The van der Waals surface area contributed by atoms with Crippen LogP contribution in [0.3, 0.4) is 0 Å². The maximum atomic E-state index is 12.4. The molecule has 6 nitrogen and oxygen atoms in total. The predicted molar refractivity (Wildman–Crippen MR) is 100 cm³/mol. The highest BCUT2D eigenvalue weighted by atomic mass is 127. The molecule has 0 saturated carbocycles. The Morgan fingerprint density at radius 1 is 1.36 bits per heavy atom. The standard InChI is InChI=1S/C15H18F3N5O.HI/c1-10-11(9-21-23-10)5-4-8-20-14(19)22-12-6-2-3-7-13(12)24-15(16,17)18;/h2-3,6-7,9H,4-5,8H2,1H3,(H,21,23)(H3,19,20,22);1H. The van der Waals surface area contributed by atoms with Crippen molar-refractivity contribution in [2.24, 2.45) is 10.7 Å². The molecule has 0 radical (unpaired) electrons. The third-order valence-corrected chi connectivity index (χ3v) is 3.20. The number of aromatic nitrogens is 2. The lowest BCUT2D eigenvalue weighted by Crippen LogP contribution is -2.24. The minimum absolute atomic E-state index is 0. The van der Waals surface area contributed by atoms with Gasteiger partial charge >= 0.3 is 6.36 Å². The maximum Gasteiger partial charge on any atom is 0.573 e. The van der Waals surface area contributed by atoms with Gasteiger partial charge in [-0.15, -0.1) is 37.1 Å². The Morgan fingerprint density at radius 2 is 2.08 bits per heavy atom. The molecule has 0 aliphatic heterocycles. The number of aliphatic imine (C=N–C) groups is 1. The number of anilines is 1. The maximum absolute atomic E-state index is 12.4. The molecule has 4 N–H and O–H groups in total. The van der Waals surface area contributed by atoms with Gasteiger partial charge in [-0.1, -0.05) is 12.1 Å². The summed E-state index contributed by atoms with van der Waals surface area (Å²) in [6.07, 6.45) is -1.49. The number of halogens is 4. The fourth-order valence-electron chi connectivity index (χ4n) is 2.06. The number of aromatic amines is 1. The van der Waals surface area contributed by atoms with Crippen molar-refractivity contribution in [1.82, 2.24) is 10.2 Å². The Bertz CT molecular complexity index is 702. The number of nitrogens with zero attached hydrogens (tertiary/aromatic N) is 2. The zero-order valence-corrected chi connectivity index (χ0v) is 15.8. The van der Waals surface area contributed by atoms with E-state index in [0.29, 0.717) is 6.54 Å². The molecule has 0 atom stereocenters. The number of rotatable bonds is 6. The van der Waals surface area contributed by atoms with Gasteiger partial charge in [0.15, 0.2) is 11.7 Å². The molecular weight excluding hydrogens is 450 g/mol. The fraction of sp³-hybridized carbons (Fsp3) is 0.333. The summed E-state index contributed by atoms with van der Waals surface area (Å²) in [6, 6.07) is 5.64. The zero-order chi connectivity index (χ0) is 17.6. The Balaban J connectivity index is 0.00000312. The van der Waals surface area contributed by atoms with Gasteiger partial charge in [0.2, 0.25) is 0 Å². The number of hydrogen-bond donors (Lipinski definition) is 3. The van der Waals surface area contributed by atoms with Crippen molar-refractivity contribution < 1.29 is 17.9 Å². The molecule has 0 unspecified atom stereocenters. The van der Waals surface area contributed by atoms with Crippen molar-refractivity contribution in [3.05, 3.63) is 41.7 Å². The summed E-state index contributed by atoms with van der Waals surface area (Å²) in [4.78, 5) is 4.10. The highest BCUT2D eigenvalue weighted by molar-refractivity contribution is 14.0. The molecule has 2 rings (SSSR count). The van der Waals surface area contributed by atoms with Crippen LogP contribution in [0.25, 0.3) is 0 Å². The number of alkyl halides is 3. The molecule has 1 aromatic heterocycles. The molecule has 10 heteroatoms. The third kappa shape index (κ3) is 7.20. The summed E-state index contributed by atoms with van der Waals surface area (Å²) in [5, 5.41) is 9.40. The average molecular weight is 469 g/mol. The van der Waals surface area contributed by atoms with E-state index in [2.05, 4.69) is 25.2 Å². The van der Waals surface area contributed by atoms with Gasteiger partial charge in [0.1, 0.15) is 0 Å². The lowest BCUT2D eigenvalue weighted by Gasteiger charge is -2.14. The summed E-state index contributed by atoms with van der Waals surface area (Å²) in [5.74, 6) is -0.339. The van der Waals surface area contributed by atoms with Gasteiger partial charge in [-0.2, -0.15) is 5.10 Å². The zero-order valence-electron chi connectivity index (χ0n) is 13.4. The SMILES string of the molecule is Cc1[nH]ncc1CCCN=C(N)Nc1ccccc1OC(F)(F)F.I. The van der Waals surface area contributed by atoms with Crippen LogP contribution in [0, 0.1) is 6.92 Å². The van der Waals surface area contributed by atoms with Crippen LogP contribution < -0.4 is 15.8 Å². The van der Waals surface area contributed by atoms with Gasteiger partial charge in [-0.3, -0.25) is 10.1 Å². The molecule has 0 saturated heterocycles. The van der Waals surface area contributed by atoms with E-state index in [-0.39, 0.29) is 41.4 Å². The quantitative estimate of drug-likeness (QED) is 0.261. The Labute approximate surface area is 160 Å². The first-order valence-corrected chi connectivity index (χ1v) is 7.26. The van der Waals surface area contributed by atoms with Crippen LogP contribution in [0.2, 0.25) is 0 Å². The number of hydrogen-bond acceptors (Lipinski definition) is 3. The normalized spacial score (nSPS) is 11.8. The van der Waals surface area contributed by atoms with Crippen LogP contribution in [0.15, 0.2) is 35.5 Å². The van der Waals surface area contributed by atoms with Gasteiger partial charge in [-0.05, 0) is 37.5 Å². The average Bonchev–Trinajstić information content (AvgIpc) is 2.90. The molecule has 1 heterocycles. The lowest BCUT2D eigenvalue weighted by atomic mass is 10.1. The molecule has 0 spiro atoms. The van der Waals surface area contributed by atoms with Crippen LogP contribution in [-0.4, -0.2) is 29.1 Å². The van der Waals surface area contributed by atoms with Crippen molar-refractivity contribution in [2.75, 3.05) is 11.9 Å². The minimum Gasteiger partial charge on any atom is -0.404 e. The summed E-state index contributed by atoms with van der Waals surface area (Å²) in [6.45, 7) is 2.37. The first-order chi connectivity index (χ1) is 11.3. The van der Waals surface area contributed by atoms with Gasteiger partial charge < -0.3 is 15.8 Å². The monoisotopic (exact) mass is 469 g/mol. The van der Waals surface area contributed by atoms with Crippen molar-refractivity contribution in [2.45, 2.75) is 26.1 Å². The summed E-state index contributed by atoms with van der Waals surface area (Å²) in [7, 11) is 0. The van der Waals surface area contributed by atoms with Crippen LogP contribution in [-0.2, 0) is 6.42 Å². The van der Waals surface area contributed by atoms with Crippen molar-refractivity contribution in [3.8, 4) is 5.75 Å². The van der Waals surface area contributed by atoms with Gasteiger partial charge in [-0.25, -0.2) is 0 Å². The highest BCUT2D eigenvalue weighted by Gasteiger charge is 2.32. The first kappa shape index (κ1) is 21.1. The highest BCUT2D eigenvalue weighted by Crippen LogP contribution is 2.29. The van der Waals surface area contributed by atoms with E-state index < -0.39 is 6.36 Å². The summed E-state index contributed by atoms with van der Waals surface area (Å²) in [5.41, 5.74) is 7.91. The second-order valence-electron chi connectivity index (χ2n) is 5.06. The topological polar surface area (TPSA) is 88.3 Å². The van der Waals surface area contributed by atoms with Crippen LogP contribution in [0.4, 0.5) is 18.9 Å². The number of aryl methyl sites for hydroxylation is 2. The Morgan fingerprint density at radius 3 is 2.72 bits per heavy atom. The van der Waals surface area contributed by atoms with E-state index in [1.807, 2.05) is 6.92 Å². The van der Waals surface area contributed by atoms with E-state index in [4.69, 9.17) is 5.73 Å². The van der Waals surface area contributed by atoms with E-state index >= 15 is 0 Å². The number of nitrogens with one attached hydrogen (secondary N) is 2. The lowest BCUT2D eigenvalue weighted by molar-refractivity contribution is -0.274. The Hall–Kier alpha value is -1.98. The molecule has 2 aromatic rings. The predicted octanol–water partition coefficient (Wildman–Crippen LogP) is 3.59. The molecule has 0 amide bonds. The molecule has 0 fully saturated rings. The molecule has 25 heavy (non-hydrogen) atoms. The van der Waals surface area contributed by atoms with Crippen molar-refractivity contribution >= 4 is 35.6 Å². The fourth-order valence-corrected chi connectivity index (χ4v) is 2.06. The van der Waals surface area contributed by atoms with Gasteiger partial charge in [0.05, 0.1) is 11.9 Å². The van der Waals surface area contributed by atoms with Crippen LogP contribution in [0.5, 0.6) is 5.75 Å². The van der Waals surface area contributed by atoms with Crippen molar-refractivity contribution in [1.29, 1.82) is 0 Å². The second kappa shape index (κ2) is 9.49. The first-order valence-electron chi connectivity index (χ1n) is 7.26. The molecular formula is C15H19F3IN5O. The number of H-pyrrole nitrogens is 1. The van der Waals surface area contributed by atoms with Gasteiger partial charge in [0.25, 0.3) is 0 Å². The largest absolute Gasteiger partial charge is 0.573 e. The minimum atomic E-state index is -4.77. The van der Waals surface area contributed by atoms with E-state index in [1.165, 1.54) is 18.2 Å². The molecule has 0 bridgehead atoms. The van der Waals surface area contributed by atoms with E-state index in [0.717, 1.165) is 24.1 Å². The van der Waals surface area contributed by atoms with E-state index in [1.54, 1.807) is 12.3 Å². The number of ether oxygens (including phenoxy) is 1.